The maximum atomic E-state index is 12.4. The summed E-state index contributed by atoms with van der Waals surface area (Å²) in [6.45, 7) is 3.20. The standard InChI is InChI=1S/C47H83O9P/c1-3-4-5-6-7-8-9-10-11-12-13-14-15-16-19-22-25-28-31-34-37-40-46(49)54-42-45(43-55-57(51,52)53)56-47(50)41-38-35-32-29-26-23-20-17-18-21-24-27-30-33-36-39-44(2)48/h10-11,18,20-21,23,27,29-30,32,44-45,48H,3-9,12-17,19,22,24-26,28,31,33-43H2,1-2H3,(H2,51,52,53)/b11-10-,21-18-,23-20-,30-27-,32-29-/t44-,45+/m0/s1. The number of carbonyl (C=O) groups is 2. The van der Waals surface area contributed by atoms with Crippen LogP contribution in [0.1, 0.15) is 200 Å². The molecular formula is C47H83O9P. The Hall–Kier alpha value is -2.29. The molecule has 0 aliphatic carbocycles. The van der Waals surface area contributed by atoms with Crippen LogP contribution < -0.4 is 0 Å². The van der Waals surface area contributed by atoms with Gasteiger partial charge in [0.2, 0.25) is 0 Å². The van der Waals surface area contributed by atoms with Crippen molar-refractivity contribution in [3.05, 3.63) is 60.8 Å². The molecule has 0 aromatic rings. The average molecular weight is 823 g/mol. The van der Waals surface area contributed by atoms with Gasteiger partial charge in [0.15, 0.2) is 6.10 Å². The molecule has 0 fully saturated rings. The van der Waals surface area contributed by atoms with Crippen molar-refractivity contribution >= 4 is 19.8 Å². The smallest absolute Gasteiger partial charge is 0.462 e. The third-order valence-electron chi connectivity index (χ3n) is 9.53. The normalized spacial score (nSPS) is 13.6. The number of allylic oxidation sites excluding steroid dienone is 10. The first kappa shape index (κ1) is 54.7. The molecule has 0 aliphatic heterocycles. The third kappa shape index (κ3) is 46.3. The van der Waals surface area contributed by atoms with Gasteiger partial charge in [0.05, 0.1) is 12.7 Å². The van der Waals surface area contributed by atoms with E-state index in [1.54, 1.807) is 0 Å². The lowest BCUT2D eigenvalue weighted by atomic mass is 10.0. The van der Waals surface area contributed by atoms with E-state index in [4.69, 9.17) is 19.3 Å². The molecule has 0 amide bonds. The summed E-state index contributed by atoms with van der Waals surface area (Å²) in [4.78, 5) is 42.9. The van der Waals surface area contributed by atoms with E-state index < -0.39 is 32.5 Å². The molecule has 0 aromatic heterocycles. The number of unbranched alkanes of at least 4 members (excludes halogenated alkanes) is 19. The molecule has 0 spiro atoms. The summed E-state index contributed by atoms with van der Waals surface area (Å²) >= 11 is 0. The molecule has 0 aromatic carbocycles. The molecule has 0 radical (unpaired) electrons. The average Bonchev–Trinajstić information content (AvgIpc) is 3.17. The van der Waals surface area contributed by atoms with Gasteiger partial charge in [0.25, 0.3) is 0 Å². The summed E-state index contributed by atoms with van der Waals surface area (Å²) < 4.78 is 26.4. The summed E-state index contributed by atoms with van der Waals surface area (Å²) in [5, 5.41) is 9.26. The number of esters is 2. The van der Waals surface area contributed by atoms with E-state index in [1.165, 1.54) is 96.3 Å². The molecule has 0 saturated carbocycles. The number of hydrogen-bond donors (Lipinski definition) is 3. The fourth-order valence-electron chi connectivity index (χ4n) is 6.14. The molecule has 0 bridgehead atoms. The third-order valence-corrected chi connectivity index (χ3v) is 10.0. The SMILES string of the molecule is CCCCCCCC/C=C\CCCCCCCCCCCCCC(=O)OC[C@H](COP(=O)(O)O)OC(=O)CCC/C=C\C/C=C\C/C=C\C/C=C\CCC[C@H](C)O. The number of aliphatic hydroxyl groups excluding tert-OH is 1. The Balaban J connectivity index is 3.95. The van der Waals surface area contributed by atoms with E-state index >= 15 is 0 Å². The molecule has 0 saturated heterocycles. The van der Waals surface area contributed by atoms with E-state index in [1.807, 2.05) is 19.1 Å². The second-order valence-corrected chi connectivity index (χ2v) is 16.5. The van der Waals surface area contributed by atoms with Crippen LogP contribution in [-0.4, -0.2) is 52.3 Å². The van der Waals surface area contributed by atoms with E-state index in [0.29, 0.717) is 19.3 Å². The maximum absolute atomic E-state index is 12.4. The number of hydrogen-bond acceptors (Lipinski definition) is 7. The van der Waals surface area contributed by atoms with Crippen molar-refractivity contribution in [2.45, 2.75) is 212 Å². The van der Waals surface area contributed by atoms with Gasteiger partial charge >= 0.3 is 19.8 Å². The summed E-state index contributed by atoms with van der Waals surface area (Å²) in [6.07, 6.45) is 50.8. The predicted molar refractivity (Wildman–Crippen MR) is 236 cm³/mol. The lowest BCUT2D eigenvalue weighted by molar-refractivity contribution is -0.161. The minimum absolute atomic E-state index is 0.123. The molecule has 10 heteroatoms. The first-order chi connectivity index (χ1) is 27.6. The zero-order valence-corrected chi connectivity index (χ0v) is 37.0. The Morgan fingerprint density at radius 2 is 0.930 bits per heavy atom. The number of aliphatic hydroxyl groups is 1. The predicted octanol–water partition coefficient (Wildman–Crippen LogP) is 13.0. The monoisotopic (exact) mass is 823 g/mol. The van der Waals surface area contributed by atoms with Crippen LogP contribution in [0, 0.1) is 0 Å². The van der Waals surface area contributed by atoms with E-state index in [2.05, 4.69) is 60.1 Å². The van der Waals surface area contributed by atoms with Crippen molar-refractivity contribution in [1.29, 1.82) is 0 Å². The number of rotatable bonds is 41. The Labute approximate surface area is 348 Å². The lowest BCUT2D eigenvalue weighted by Gasteiger charge is -2.18. The minimum Gasteiger partial charge on any atom is -0.462 e. The molecule has 3 N–H and O–H groups in total. The Kier molecular flexibility index (Phi) is 40.2. The molecule has 9 nitrogen and oxygen atoms in total. The maximum Gasteiger partial charge on any atom is 0.469 e. The highest BCUT2D eigenvalue weighted by atomic mass is 31.2. The van der Waals surface area contributed by atoms with Crippen molar-refractivity contribution in [3.8, 4) is 0 Å². The van der Waals surface area contributed by atoms with Gasteiger partial charge in [-0.25, -0.2) is 4.57 Å². The number of phosphoric acid groups is 1. The molecule has 0 aliphatic rings. The van der Waals surface area contributed by atoms with Crippen molar-refractivity contribution in [2.24, 2.45) is 0 Å². The molecule has 330 valence electrons. The van der Waals surface area contributed by atoms with Gasteiger partial charge in [-0.05, 0) is 90.4 Å². The number of carbonyl (C=O) groups excluding carboxylic acids is 2. The minimum atomic E-state index is -4.78. The second kappa shape index (κ2) is 41.9. The van der Waals surface area contributed by atoms with Gasteiger partial charge < -0.3 is 24.4 Å². The van der Waals surface area contributed by atoms with Crippen LogP contribution in [0.15, 0.2) is 60.8 Å². The van der Waals surface area contributed by atoms with Gasteiger partial charge in [-0.3, -0.25) is 14.1 Å². The van der Waals surface area contributed by atoms with Crippen molar-refractivity contribution in [2.75, 3.05) is 13.2 Å². The fourth-order valence-corrected chi connectivity index (χ4v) is 6.50. The molecule has 0 rings (SSSR count). The van der Waals surface area contributed by atoms with Crippen LogP contribution in [0.2, 0.25) is 0 Å². The van der Waals surface area contributed by atoms with Crippen LogP contribution in [0.3, 0.4) is 0 Å². The topological polar surface area (TPSA) is 140 Å². The van der Waals surface area contributed by atoms with E-state index in [9.17, 15) is 19.3 Å². The van der Waals surface area contributed by atoms with Crippen molar-refractivity contribution in [3.63, 3.8) is 0 Å². The summed E-state index contributed by atoms with van der Waals surface area (Å²) in [6, 6.07) is 0. The van der Waals surface area contributed by atoms with Crippen molar-refractivity contribution < 1.29 is 43.0 Å². The van der Waals surface area contributed by atoms with Crippen LogP contribution >= 0.6 is 7.82 Å². The second-order valence-electron chi connectivity index (χ2n) is 15.3. The molecule has 0 unspecified atom stereocenters. The van der Waals surface area contributed by atoms with Gasteiger partial charge in [-0.2, -0.15) is 0 Å². The van der Waals surface area contributed by atoms with Gasteiger partial charge in [-0.15, -0.1) is 0 Å². The van der Waals surface area contributed by atoms with Crippen LogP contribution in [0.4, 0.5) is 0 Å². The molecule has 57 heavy (non-hydrogen) atoms. The van der Waals surface area contributed by atoms with E-state index in [-0.39, 0.29) is 25.6 Å². The lowest BCUT2D eigenvalue weighted by Crippen LogP contribution is -2.29. The fraction of sp³-hybridized carbons (Fsp3) is 0.745. The number of phosphoric ester groups is 1. The first-order valence-electron chi connectivity index (χ1n) is 22.6. The Bertz CT molecular complexity index is 1120. The van der Waals surface area contributed by atoms with Crippen LogP contribution in [-0.2, 0) is 28.2 Å². The van der Waals surface area contributed by atoms with Gasteiger partial charge in [0.1, 0.15) is 6.61 Å². The van der Waals surface area contributed by atoms with Crippen molar-refractivity contribution in [1.82, 2.24) is 0 Å². The summed E-state index contributed by atoms with van der Waals surface area (Å²) in [5.74, 6) is -0.967. The highest BCUT2D eigenvalue weighted by molar-refractivity contribution is 7.46. The zero-order chi connectivity index (χ0) is 41.9. The molecular weight excluding hydrogens is 739 g/mol. The highest BCUT2D eigenvalue weighted by Crippen LogP contribution is 2.36. The molecule has 0 heterocycles. The van der Waals surface area contributed by atoms with E-state index in [0.717, 1.165) is 57.8 Å². The zero-order valence-electron chi connectivity index (χ0n) is 36.1. The Morgan fingerprint density at radius 1 is 0.526 bits per heavy atom. The van der Waals surface area contributed by atoms with Crippen LogP contribution in [0.5, 0.6) is 0 Å². The van der Waals surface area contributed by atoms with Crippen LogP contribution in [0.25, 0.3) is 0 Å². The summed E-state index contributed by atoms with van der Waals surface area (Å²) in [5.41, 5.74) is 0. The largest absolute Gasteiger partial charge is 0.469 e. The van der Waals surface area contributed by atoms with Gasteiger partial charge in [-0.1, -0.05) is 158 Å². The number of ether oxygens (including phenoxy) is 2. The quantitative estimate of drug-likeness (QED) is 0.0238. The Morgan fingerprint density at radius 3 is 1.42 bits per heavy atom. The van der Waals surface area contributed by atoms with Gasteiger partial charge in [0, 0.05) is 12.8 Å². The highest BCUT2D eigenvalue weighted by Gasteiger charge is 2.22. The summed E-state index contributed by atoms with van der Waals surface area (Å²) in [7, 11) is -4.78. The first-order valence-corrected chi connectivity index (χ1v) is 24.1. The molecule has 2 atom stereocenters.